The Morgan fingerprint density at radius 2 is 0.649 bits per heavy atom. The first kappa shape index (κ1) is 123. The zero-order valence-corrected chi connectivity index (χ0v) is 80.1. The summed E-state index contributed by atoms with van der Waals surface area (Å²) < 4.78 is 173. The number of benzene rings is 8. The van der Waals surface area contributed by atoms with Crippen LogP contribution in [0.2, 0.25) is 0 Å². The molecular formula is C100H140F12N8O14. The molecule has 0 aliphatic heterocycles. The third kappa shape index (κ3) is 47.6. The highest BCUT2D eigenvalue weighted by molar-refractivity contribution is 5.88. The fraction of sp³-hybridized carbons (Fsp3) is 0.470. The third-order valence-corrected chi connectivity index (χ3v) is 20.6. The molecule has 0 heterocycles. The second-order valence-electron chi connectivity index (χ2n) is 32.3. The summed E-state index contributed by atoms with van der Waals surface area (Å²) >= 11 is 0. The molecule has 0 bridgehead atoms. The highest BCUT2D eigenvalue weighted by Gasteiger charge is 2.31. The van der Waals surface area contributed by atoms with Crippen molar-refractivity contribution in [2.45, 2.75) is 226 Å². The average molecular weight is 1910 g/mol. The lowest BCUT2D eigenvalue weighted by Gasteiger charge is -2.21. The molecule has 134 heavy (non-hydrogen) atoms. The molecule has 0 fully saturated rings. The molecule has 4 amide bonds. The normalized spacial score (nSPS) is 13.1. The number of aliphatic hydroxyl groups excluding tert-OH is 3. The van der Waals surface area contributed by atoms with E-state index in [9.17, 15) is 76.7 Å². The molecule has 8 aromatic rings. The number of amides is 4. The summed E-state index contributed by atoms with van der Waals surface area (Å²) in [7, 11) is 10.7. The number of likely N-dealkylation sites (N-methyl/N-ethyl adjacent to an activating group) is 3. The molecule has 0 saturated heterocycles. The molecular weight excluding hydrogens is 1770 g/mol. The van der Waals surface area contributed by atoms with Gasteiger partial charge in [-0.1, -0.05) is 219 Å². The van der Waals surface area contributed by atoms with Gasteiger partial charge in [0, 0.05) is 150 Å². The van der Waals surface area contributed by atoms with Crippen molar-refractivity contribution in [3.63, 3.8) is 0 Å². The minimum Gasteiger partial charge on any atom is -0.497 e. The Morgan fingerprint density at radius 3 is 0.903 bits per heavy atom. The van der Waals surface area contributed by atoms with Crippen molar-refractivity contribution in [1.29, 1.82) is 0 Å². The monoisotopic (exact) mass is 1910 g/mol. The molecule has 8 aromatic carbocycles. The van der Waals surface area contributed by atoms with Crippen LogP contribution in [0.1, 0.15) is 193 Å². The first-order chi connectivity index (χ1) is 62.4. The van der Waals surface area contributed by atoms with Gasteiger partial charge in [0.15, 0.2) is 24.7 Å². The van der Waals surface area contributed by atoms with E-state index in [4.69, 9.17) is 56.3 Å². The predicted molar refractivity (Wildman–Crippen MR) is 499 cm³/mol. The number of carbonyl (C=O) groups is 5. The van der Waals surface area contributed by atoms with E-state index in [1.165, 1.54) is 120 Å². The smallest absolute Gasteiger partial charge is 0.270 e. The van der Waals surface area contributed by atoms with Gasteiger partial charge in [0.05, 0.1) is 26.3 Å². The molecule has 0 aliphatic rings. The van der Waals surface area contributed by atoms with Crippen LogP contribution in [0.4, 0.5) is 52.7 Å². The number of nitrogens with two attached hydrogens (primary N) is 4. The van der Waals surface area contributed by atoms with E-state index in [1.807, 2.05) is 63.2 Å². The Morgan fingerprint density at radius 1 is 0.366 bits per heavy atom. The second-order valence-corrected chi connectivity index (χ2v) is 32.3. The first-order valence-corrected chi connectivity index (χ1v) is 43.4. The lowest BCUT2D eigenvalue weighted by atomic mass is 9.92. The summed E-state index contributed by atoms with van der Waals surface area (Å²) in [6.07, 6.45) is 0.499. The largest absolute Gasteiger partial charge is 0.497 e. The summed E-state index contributed by atoms with van der Waals surface area (Å²) in [5, 5.41) is 62.7. The van der Waals surface area contributed by atoms with Crippen molar-refractivity contribution < 1.29 is 122 Å². The molecule has 8 rings (SSSR count). The zero-order valence-electron chi connectivity index (χ0n) is 80.1. The Bertz CT molecular complexity index is 4480. The molecule has 748 valence electrons. The Hall–Kier alpha value is -10.5. The van der Waals surface area contributed by atoms with Crippen LogP contribution in [0.5, 0.6) is 17.2 Å². The number of methoxy groups -OCH3 is 2. The quantitative estimate of drug-likeness (QED) is 0.0128. The van der Waals surface area contributed by atoms with Crippen molar-refractivity contribution in [2.24, 2.45) is 46.6 Å². The number of aliphatic hydroxyl groups is 6. The standard InChI is InChI=1S/C24H28F4N2O2.C20H24O4.2C12H16F2N2O.2C12H16F2O2.C6H14O2.2CH5N/c1-15(13-16-5-9-18(10-6-16)23(2,25)26)21(31)30-20(22(32)29-4)14-17-7-11-19(12-8-17)24(3,27)28;1-5-16(21)13-24-17-8-6-15(7-9-17)14(2)19-11-10-18(22-3)12-20(19)23-4;2*1-12(13,14)9-5-3-8(4-6-9)7-10(15)11(17)16-2;2*1-8(11(15)16)7-9-3-5-10(6-4-9)12(2,13)14;1-3-4-5(2)6(7)8;2*1-2/h5-12,15,20H,13-14H2,1-4H3,(H,29,32)(H,30,31);6-12,14H,5,13H2,1-4H3;2*3-6,10H,7,15H2,1-2H3,(H,16,17);2*3-6,8,11,15-16H,7H2,1-2H3;5-8H,3-4H2,1-2H3;2*2H2,1H3/t15-,20+;;2*10-;2*8-;5-;;/m1.00000../s1. The molecule has 0 radical (unpaired) electrons. The maximum Gasteiger partial charge on any atom is 0.270 e. The Kier molecular flexibility index (Phi) is 56.0. The Labute approximate surface area is 780 Å². The number of Topliss-reactive ketones (excluding diaryl/α,β-unsaturated/α-hetero) is 1. The molecule has 0 aromatic heterocycles. The van der Waals surface area contributed by atoms with Crippen molar-refractivity contribution in [1.82, 2.24) is 21.3 Å². The van der Waals surface area contributed by atoms with Gasteiger partial charge in [0.1, 0.15) is 29.9 Å². The molecule has 0 saturated carbocycles. The number of hydrogen-bond donors (Lipinski definition) is 14. The second kappa shape index (κ2) is 60.7. The summed E-state index contributed by atoms with van der Waals surface area (Å²) in [6.45, 7) is 18.0. The summed E-state index contributed by atoms with van der Waals surface area (Å²) in [5.74, 6) is -17.2. The van der Waals surface area contributed by atoms with Crippen LogP contribution >= 0.6 is 0 Å². The van der Waals surface area contributed by atoms with Gasteiger partial charge in [-0.05, 0) is 110 Å². The van der Waals surface area contributed by atoms with Gasteiger partial charge in [-0.25, -0.2) is 52.7 Å². The van der Waals surface area contributed by atoms with Crippen molar-refractivity contribution >= 4 is 29.4 Å². The SMILES string of the molecule is CCC(=O)COc1ccc(C(C)c2ccc(OC)cc2OC)cc1.CCC[C@H](C)C(O)O.CN.CN.CNC(=O)[C@@H](N)Cc1ccc(C(C)(F)F)cc1.CNC(=O)[C@@H](N)Cc1ccc(C(C)(F)F)cc1.CNC(=O)[C@H](Cc1ccc(C(C)(F)F)cc1)NC(=O)[C@H](C)Cc1ccc(C(C)(F)F)cc1.C[C@@H](Cc1ccc(C(C)(F)F)cc1)C(O)O.C[C@@H](Cc1ccc(C(C)(F)F)cc1)C(O)O. The molecule has 18 N–H and O–H groups in total. The molecule has 1 unspecified atom stereocenters. The van der Waals surface area contributed by atoms with Gasteiger partial charge < -0.3 is 89.1 Å². The zero-order chi connectivity index (χ0) is 103. The van der Waals surface area contributed by atoms with Gasteiger partial charge in [0.25, 0.3) is 35.5 Å². The van der Waals surface area contributed by atoms with Crippen LogP contribution < -0.4 is 58.4 Å². The fourth-order valence-electron chi connectivity index (χ4n) is 12.1. The van der Waals surface area contributed by atoms with E-state index in [0.717, 1.165) is 99.3 Å². The van der Waals surface area contributed by atoms with Crippen LogP contribution in [0.3, 0.4) is 0 Å². The molecule has 0 spiro atoms. The summed E-state index contributed by atoms with van der Waals surface area (Å²) in [6, 6.07) is 46.3. The minimum atomic E-state index is -2.96. The highest BCUT2D eigenvalue weighted by Crippen LogP contribution is 2.37. The molecule has 8 atom stereocenters. The van der Waals surface area contributed by atoms with E-state index >= 15 is 0 Å². The van der Waals surface area contributed by atoms with Crippen LogP contribution in [-0.4, -0.2) is 153 Å². The number of halogens is 12. The molecule has 34 heteroatoms. The van der Waals surface area contributed by atoms with Crippen molar-refractivity contribution in [2.75, 3.05) is 56.1 Å². The maximum absolute atomic E-state index is 13.4. The van der Waals surface area contributed by atoms with Crippen LogP contribution in [-0.2, 0) is 98.0 Å². The average Bonchev–Trinajstić information content (AvgIpc) is 0.807. The number of ether oxygens (including phenoxy) is 3. The maximum atomic E-state index is 13.4. The number of ketones is 1. The number of alkyl halides is 12. The number of rotatable bonds is 36. The lowest BCUT2D eigenvalue weighted by molar-refractivity contribution is -0.130. The van der Waals surface area contributed by atoms with E-state index in [2.05, 4.69) is 39.7 Å². The number of carbonyl (C=O) groups excluding carboxylic acids is 5. The van der Waals surface area contributed by atoms with Gasteiger partial charge in [-0.2, -0.15) is 0 Å². The van der Waals surface area contributed by atoms with E-state index < -0.39 is 84.4 Å². The first-order valence-electron chi connectivity index (χ1n) is 43.4. The minimum absolute atomic E-state index is 0.0278. The fourth-order valence-corrected chi connectivity index (χ4v) is 12.1. The van der Waals surface area contributed by atoms with Crippen LogP contribution in [0.15, 0.2) is 188 Å². The predicted octanol–water partition coefficient (Wildman–Crippen LogP) is 16.1. The number of hydrogen-bond acceptors (Lipinski definition) is 18. The Balaban J connectivity index is 0.00000157. The molecule has 22 nitrogen and oxygen atoms in total. The third-order valence-electron chi connectivity index (χ3n) is 20.6. The molecule has 0 aliphatic carbocycles. The van der Waals surface area contributed by atoms with Crippen LogP contribution in [0, 0.1) is 23.7 Å². The van der Waals surface area contributed by atoms with E-state index in [0.29, 0.717) is 55.4 Å². The van der Waals surface area contributed by atoms with Gasteiger partial charge in [0.2, 0.25) is 23.6 Å². The van der Waals surface area contributed by atoms with Gasteiger partial charge >= 0.3 is 0 Å². The van der Waals surface area contributed by atoms with Gasteiger partial charge in [-0.15, -0.1) is 0 Å². The van der Waals surface area contributed by atoms with Crippen molar-refractivity contribution in [3.05, 3.63) is 266 Å². The lowest BCUT2D eigenvalue weighted by Crippen LogP contribution is -2.48. The topological polar surface area (TPSA) is 387 Å². The van der Waals surface area contributed by atoms with Crippen molar-refractivity contribution in [3.8, 4) is 17.2 Å². The van der Waals surface area contributed by atoms with Crippen LogP contribution in [0.25, 0.3) is 0 Å². The van der Waals surface area contributed by atoms with Gasteiger partial charge in [-0.3, -0.25) is 24.0 Å². The summed E-state index contributed by atoms with van der Waals surface area (Å²) in [5.41, 5.74) is 26.6. The number of nitrogens with one attached hydrogen (secondary N) is 4. The van der Waals surface area contributed by atoms with E-state index in [1.54, 1.807) is 95.7 Å². The highest BCUT2D eigenvalue weighted by atomic mass is 19.3. The van der Waals surface area contributed by atoms with E-state index in [-0.39, 0.29) is 93.6 Å². The summed E-state index contributed by atoms with van der Waals surface area (Å²) in [4.78, 5) is 58.6.